The van der Waals surface area contributed by atoms with Gasteiger partial charge in [-0.1, -0.05) is 25.0 Å². The van der Waals surface area contributed by atoms with Crippen LogP contribution < -0.4 is 0 Å². The molecule has 15 heavy (non-hydrogen) atoms. The Morgan fingerprint density at radius 1 is 1.20 bits per heavy atom. The van der Waals surface area contributed by atoms with Gasteiger partial charge in [0.05, 0.1) is 0 Å². The minimum Gasteiger partial charge on any atom is -0.207 e. The van der Waals surface area contributed by atoms with Crippen molar-refractivity contribution in [3.05, 3.63) is 35.6 Å². The maximum Gasteiger partial charge on any atom is 0.123 e. The Labute approximate surface area is 95.4 Å². The van der Waals surface area contributed by atoms with Crippen molar-refractivity contribution < 1.29 is 4.39 Å². The van der Waals surface area contributed by atoms with E-state index in [2.05, 4.69) is 0 Å². The molecule has 1 saturated carbocycles. The fourth-order valence-corrected chi connectivity index (χ4v) is 2.73. The van der Waals surface area contributed by atoms with E-state index in [-0.39, 0.29) is 11.2 Å². The van der Waals surface area contributed by atoms with Gasteiger partial charge in [-0.25, -0.2) is 4.39 Å². The Morgan fingerprint density at radius 3 is 2.80 bits per heavy atom. The molecule has 2 heteroatoms. The Hall–Kier alpha value is -0.560. The summed E-state index contributed by atoms with van der Waals surface area (Å²) in [7, 11) is 0. The van der Waals surface area contributed by atoms with Crippen molar-refractivity contribution in [2.24, 2.45) is 0 Å². The highest BCUT2D eigenvalue weighted by Gasteiger charge is 2.20. The molecule has 0 amide bonds. The second-order valence-corrected chi connectivity index (χ2v) is 4.99. The van der Waals surface area contributed by atoms with Crippen molar-refractivity contribution in [2.45, 2.75) is 43.4 Å². The zero-order valence-corrected chi connectivity index (χ0v) is 9.51. The molecular weight excluding hydrogens is 211 g/mol. The third kappa shape index (κ3) is 2.94. The van der Waals surface area contributed by atoms with Crippen LogP contribution in [0.4, 0.5) is 4.39 Å². The highest BCUT2D eigenvalue weighted by Crippen LogP contribution is 2.33. The third-order valence-corrected chi connectivity index (χ3v) is 3.58. The molecule has 0 bridgehead atoms. The summed E-state index contributed by atoms with van der Waals surface area (Å²) in [6, 6.07) is 6.96. The zero-order chi connectivity index (χ0) is 10.7. The molecule has 0 saturated heterocycles. The number of benzene rings is 1. The summed E-state index contributed by atoms with van der Waals surface area (Å²) >= 11 is 6.21. The summed E-state index contributed by atoms with van der Waals surface area (Å²) in [6.45, 7) is 0. The van der Waals surface area contributed by atoms with E-state index in [4.69, 9.17) is 11.6 Å². The maximum absolute atomic E-state index is 13.1. The first-order chi connectivity index (χ1) is 7.25. The van der Waals surface area contributed by atoms with Crippen LogP contribution in [0.25, 0.3) is 0 Å². The molecule has 0 radical (unpaired) electrons. The molecule has 0 spiro atoms. The Bertz CT molecular complexity index is 324. The standard InChI is InChI=1S/C13H16ClF/c14-12-6-2-1-4-10(8-12)11-5-3-7-13(15)9-11/h3,5,7,9-10,12H,1-2,4,6,8H2. The number of hydrogen-bond donors (Lipinski definition) is 0. The van der Waals surface area contributed by atoms with Crippen molar-refractivity contribution in [3.63, 3.8) is 0 Å². The van der Waals surface area contributed by atoms with Crippen molar-refractivity contribution in [1.82, 2.24) is 0 Å². The monoisotopic (exact) mass is 226 g/mol. The highest BCUT2D eigenvalue weighted by molar-refractivity contribution is 6.20. The van der Waals surface area contributed by atoms with E-state index in [1.807, 2.05) is 6.07 Å². The number of halogens is 2. The van der Waals surface area contributed by atoms with E-state index in [1.165, 1.54) is 18.9 Å². The molecule has 82 valence electrons. The average Bonchev–Trinajstić information content (AvgIpc) is 2.43. The summed E-state index contributed by atoms with van der Waals surface area (Å²) in [5.74, 6) is 0.313. The topological polar surface area (TPSA) is 0 Å². The van der Waals surface area contributed by atoms with E-state index in [0.29, 0.717) is 5.92 Å². The molecule has 2 atom stereocenters. The first kappa shape index (κ1) is 10.9. The van der Waals surface area contributed by atoms with Crippen molar-refractivity contribution in [2.75, 3.05) is 0 Å². The molecule has 0 N–H and O–H groups in total. The van der Waals surface area contributed by atoms with Crippen LogP contribution in [0.15, 0.2) is 24.3 Å². The molecule has 1 fully saturated rings. The van der Waals surface area contributed by atoms with Crippen LogP contribution in [0.5, 0.6) is 0 Å². The molecule has 2 unspecified atom stereocenters. The molecule has 0 heterocycles. The van der Waals surface area contributed by atoms with E-state index in [0.717, 1.165) is 24.8 Å². The van der Waals surface area contributed by atoms with Gasteiger partial charge in [-0.2, -0.15) is 0 Å². The fourth-order valence-electron chi connectivity index (χ4n) is 2.36. The fraction of sp³-hybridized carbons (Fsp3) is 0.538. The predicted octanol–water partition coefficient (Wildman–Crippen LogP) is 4.48. The second kappa shape index (κ2) is 4.98. The molecule has 0 aliphatic heterocycles. The summed E-state index contributed by atoms with van der Waals surface area (Å²) in [5, 5.41) is 0.265. The number of rotatable bonds is 1. The largest absolute Gasteiger partial charge is 0.207 e. The maximum atomic E-state index is 13.1. The molecule has 1 aliphatic carbocycles. The molecule has 1 aromatic carbocycles. The van der Waals surface area contributed by atoms with Gasteiger partial charge in [0, 0.05) is 5.38 Å². The minimum absolute atomic E-state index is 0.136. The third-order valence-electron chi connectivity index (χ3n) is 3.18. The van der Waals surface area contributed by atoms with Crippen LogP contribution >= 0.6 is 11.6 Å². The Morgan fingerprint density at radius 2 is 2.00 bits per heavy atom. The van der Waals surface area contributed by atoms with Gasteiger partial charge >= 0.3 is 0 Å². The van der Waals surface area contributed by atoms with Gasteiger partial charge in [0.1, 0.15) is 5.82 Å². The van der Waals surface area contributed by atoms with Gasteiger partial charge in [-0.05, 0) is 42.9 Å². The van der Waals surface area contributed by atoms with Crippen LogP contribution in [0.2, 0.25) is 0 Å². The van der Waals surface area contributed by atoms with Gasteiger partial charge < -0.3 is 0 Å². The summed E-state index contributed by atoms with van der Waals surface area (Å²) < 4.78 is 13.1. The van der Waals surface area contributed by atoms with Crippen LogP contribution in [-0.4, -0.2) is 5.38 Å². The number of hydrogen-bond acceptors (Lipinski definition) is 0. The van der Waals surface area contributed by atoms with Crippen molar-refractivity contribution in [1.29, 1.82) is 0 Å². The summed E-state index contributed by atoms with van der Waals surface area (Å²) in [4.78, 5) is 0. The van der Waals surface area contributed by atoms with E-state index >= 15 is 0 Å². The first-order valence-electron chi connectivity index (χ1n) is 5.65. The molecule has 2 rings (SSSR count). The average molecular weight is 227 g/mol. The highest BCUT2D eigenvalue weighted by atomic mass is 35.5. The Kier molecular flexibility index (Phi) is 3.63. The van der Waals surface area contributed by atoms with Crippen LogP contribution in [0.1, 0.15) is 43.6 Å². The van der Waals surface area contributed by atoms with Crippen LogP contribution in [0.3, 0.4) is 0 Å². The van der Waals surface area contributed by atoms with E-state index < -0.39 is 0 Å². The second-order valence-electron chi connectivity index (χ2n) is 4.37. The molecule has 0 aromatic heterocycles. The lowest BCUT2D eigenvalue weighted by atomic mass is 9.92. The molecular formula is C13H16ClF. The smallest absolute Gasteiger partial charge is 0.123 e. The minimum atomic E-state index is -0.136. The summed E-state index contributed by atoms with van der Waals surface area (Å²) in [5.41, 5.74) is 1.11. The van der Waals surface area contributed by atoms with Crippen molar-refractivity contribution in [3.8, 4) is 0 Å². The van der Waals surface area contributed by atoms with Gasteiger partial charge in [0.25, 0.3) is 0 Å². The normalized spacial score (nSPS) is 27.3. The lowest BCUT2D eigenvalue weighted by Crippen LogP contribution is -2.04. The zero-order valence-electron chi connectivity index (χ0n) is 8.76. The lowest BCUT2D eigenvalue weighted by Gasteiger charge is -2.16. The lowest BCUT2D eigenvalue weighted by molar-refractivity contribution is 0.581. The van der Waals surface area contributed by atoms with Gasteiger partial charge in [0.2, 0.25) is 0 Å². The molecule has 1 aromatic rings. The number of alkyl halides is 1. The quantitative estimate of drug-likeness (QED) is 0.489. The van der Waals surface area contributed by atoms with Crippen molar-refractivity contribution >= 4 is 11.6 Å². The van der Waals surface area contributed by atoms with Gasteiger partial charge in [-0.3, -0.25) is 0 Å². The Balaban J connectivity index is 2.14. The van der Waals surface area contributed by atoms with Gasteiger partial charge in [-0.15, -0.1) is 11.6 Å². The summed E-state index contributed by atoms with van der Waals surface area (Å²) in [6.07, 6.45) is 5.66. The van der Waals surface area contributed by atoms with E-state index in [9.17, 15) is 4.39 Å². The van der Waals surface area contributed by atoms with E-state index in [1.54, 1.807) is 12.1 Å². The first-order valence-corrected chi connectivity index (χ1v) is 6.09. The molecule has 1 aliphatic rings. The van der Waals surface area contributed by atoms with Gasteiger partial charge in [0.15, 0.2) is 0 Å². The SMILES string of the molecule is Fc1cccc(C2CCCCC(Cl)C2)c1. The molecule has 0 nitrogen and oxygen atoms in total. The van der Waals surface area contributed by atoms with Crippen LogP contribution in [-0.2, 0) is 0 Å². The van der Waals surface area contributed by atoms with Crippen LogP contribution in [0, 0.1) is 5.82 Å². The predicted molar refractivity (Wildman–Crippen MR) is 61.9 cm³/mol.